The Labute approximate surface area is 191 Å². The van der Waals surface area contributed by atoms with Gasteiger partial charge in [0.25, 0.3) is 5.91 Å². The van der Waals surface area contributed by atoms with Crippen LogP contribution in [0.5, 0.6) is 5.75 Å². The van der Waals surface area contributed by atoms with Crippen LogP contribution in [0.15, 0.2) is 48.5 Å². The number of hydrogen-bond donors (Lipinski definition) is 4. The highest BCUT2D eigenvalue weighted by molar-refractivity contribution is 5.96. The minimum absolute atomic E-state index is 0.131. The number of amides is 1. The van der Waals surface area contributed by atoms with Crippen LogP contribution in [-0.4, -0.2) is 33.7 Å². The standard InChI is InChI=1S/C24H27N5O4/c1-33-19-5-3-2-4-18(19)24(32)27-13-14-6-8-15(9-7-14)21-20(23(26)31)22(25)29(28-21)16-10-11-17(30)12-16/h2-9,16,23,31H,10-13,25-26H2,1H3,(H,27,32). The van der Waals surface area contributed by atoms with Crippen LogP contribution >= 0.6 is 0 Å². The highest BCUT2D eigenvalue weighted by atomic mass is 16.5. The number of anilines is 1. The molecule has 1 aliphatic rings. The third-order valence-electron chi connectivity index (χ3n) is 5.88. The lowest BCUT2D eigenvalue weighted by atomic mass is 10.0. The summed E-state index contributed by atoms with van der Waals surface area (Å²) in [6.07, 6.45) is 0.228. The number of carbonyl (C=O) groups is 2. The molecule has 1 saturated carbocycles. The number of methoxy groups -OCH3 is 1. The van der Waals surface area contributed by atoms with Crippen molar-refractivity contribution in [3.63, 3.8) is 0 Å². The molecule has 1 fully saturated rings. The number of nitrogens with two attached hydrogens (primary N) is 2. The number of Topliss-reactive ketones (excluding diaryl/α,β-unsaturated/α-hetero) is 1. The molecule has 3 aromatic rings. The predicted octanol–water partition coefficient (Wildman–Crippen LogP) is 2.31. The number of para-hydroxylation sites is 1. The first-order valence-corrected chi connectivity index (χ1v) is 10.7. The zero-order valence-corrected chi connectivity index (χ0v) is 18.3. The molecule has 0 bridgehead atoms. The number of rotatable bonds is 7. The fourth-order valence-electron chi connectivity index (χ4n) is 4.14. The molecule has 33 heavy (non-hydrogen) atoms. The Balaban J connectivity index is 1.52. The Bertz CT molecular complexity index is 1170. The first kappa shape index (κ1) is 22.5. The molecule has 0 saturated heterocycles. The summed E-state index contributed by atoms with van der Waals surface area (Å²) in [6.45, 7) is 0.324. The van der Waals surface area contributed by atoms with Gasteiger partial charge in [0.15, 0.2) is 0 Å². The monoisotopic (exact) mass is 449 g/mol. The van der Waals surface area contributed by atoms with E-state index in [-0.39, 0.29) is 23.6 Å². The zero-order valence-electron chi connectivity index (χ0n) is 18.3. The number of ether oxygens (including phenoxy) is 1. The molecule has 1 aliphatic carbocycles. The quantitative estimate of drug-likeness (QED) is 0.405. The number of nitrogens with one attached hydrogen (secondary N) is 1. The molecule has 6 N–H and O–H groups in total. The Kier molecular flexibility index (Phi) is 6.43. The van der Waals surface area contributed by atoms with Crippen LogP contribution in [0.2, 0.25) is 0 Å². The molecule has 0 spiro atoms. The summed E-state index contributed by atoms with van der Waals surface area (Å²) in [4.78, 5) is 24.2. The van der Waals surface area contributed by atoms with Crippen LogP contribution in [-0.2, 0) is 11.3 Å². The molecule has 1 aromatic heterocycles. The normalized spacial score (nSPS) is 16.6. The van der Waals surface area contributed by atoms with Crippen LogP contribution in [0.1, 0.15) is 53.0 Å². The van der Waals surface area contributed by atoms with E-state index in [4.69, 9.17) is 16.2 Å². The smallest absolute Gasteiger partial charge is 0.255 e. The second-order valence-corrected chi connectivity index (χ2v) is 8.05. The van der Waals surface area contributed by atoms with Gasteiger partial charge in [0, 0.05) is 24.9 Å². The third kappa shape index (κ3) is 4.59. The van der Waals surface area contributed by atoms with Gasteiger partial charge in [0.2, 0.25) is 0 Å². The van der Waals surface area contributed by atoms with Gasteiger partial charge >= 0.3 is 0 Å². The molecule has 172 valence electrons. The number of hydrogen-bond acceptors (Lipinski definition) is 7. The number of ketones is 1. The summed E-state index contributed by atoms with van der Waals surface area (Å²) in [5.41, 5.74) is 14.9. The molecule has 2 atom stereocenters. The lowest BCUT2D eigenvalue weighted by Crippen LogP contribution is -2.23. The van der Waals surface area contributed by atoms with Crippen molar-refractivity contribution in [1.82, 2.24) is 15.1 Å². The summed E-state index contributed by atoms with van der Waals surface area (Å²) >= 11 is 0. The third-order valence-corrected chi connectivity index (χ3v) is 5.88. The van der Waals surface area contributed by atoms with Crippen molar-refractivity contribution in [2.45, 2.75) is 38.1 Å². The van der Waals surface area contributed by atoms with E-state index in [9.17, 15) is 14.7 Å². The zero-order chi connectivity index (χ0) is 23.5. The second kappa shape index (κ2) is 9.43. The number of nitrogens with zero attached hydrogens (tertiary/aromatic N) is 2. The molecule has 9 heteroatoms. The van der Waals surface area contributed by atoms with Crippen molar-refractivity contribution in [2.75, 3.05) is 12.8 Å². The lowest BCUT2D eigenvalue weighted by molar-refractivity contribution is -0.117. The van der Waals surface area contributed by atoms with Crippen molar-refractivity contribution in [3.05, 3.63) is 65.2 Å². The van der Waals surface area contributed by atoms with Gasteiger partial charge in [0.05, 0.1) is 24.3 Å². The average molecular weight is 450 g/mol. The molecule has 0 radical (unpaired) electrons. The maximum absolute atomic E-state index is 12.5. The minimum Gasteiger partial charge on any atom is -0.496 e. The van der Waals surface area contributed by atoms with Crippen LogP contribution in [0.3, 0.4) is 0 Å². The summed E-state index contributed by atoms with van der Waals surface area (Å²) in [6, 6.07) is 14.3. The van der Waals surface area contributed by atoms with E-state index in [0.29, 0.717) is 48.4 Å². The van der Waals surface area contributed by atoms with E-state index in [1.165, 1.54) is 7.11 Å². The Hall–Kier alpha value is -3.69. The molecular weight excluding hydrogens is 422 g/mol. The van der Waals surface area contributed by atoms with Gasteiger partial charge in [0.1, 0.15) is 29.3 Å². The molecule has 1 heterocycles. The van der Waals surface area contributed by atoms with Crippen LogP contribution < -0.4 is 21.5 Å². The molecular formula is C24H27N5O4. The van der Waals surface area contributed by atoms with E-state index in [0.717, 1.165) is 11.1 Å². The summed E-state index contributed by atoms with van der Waals surface area (Å²) < 4.78 is 6.84. The van der Waals surface area contributed by atoms with E-state index < -0.39 is 6.23 Å². The van der Waals surface area contributed by atoms with Crippen molar-refractivity contribution >= 4 is 17.5 Å². The van der Waals surface area contributed by atoms with Crippen molar-refractivity contribution < 1.29 is 19.4 Å². The Morgan fingerprint density at radius 2 is 2.00 bits per heavy atom. The molecule has 2 aromatic carbocycles. The number of benzene rings is 2. The Morgan fingerprint density at radius 1 is 1.27 bits per heavy atom. The van der Waals surface area contributed by atoms with E-state index in [2.05, 4.69) is 10.4 Å². The second-order valence-electron chi connectivity index (χ2n) is 8.05. The van der Waals surface area contributed by atoms with Gasteiger partial charge in [-0.15, -0.1) is 0 Å². The summed E-state index contributed by atoms with van der Waals surface area (Å²) in [5.74, 6) is 0.719. The highest BCUT2D eigenvalue weighted by Gasteiger charge is 2.29. The fourth-order valence-corrected chi connectivity index (χ4v) is 4.14. The van der Waals surface area contributed by atoms with Gasteiger partial charge in [-0.2, -0.15) is 5.10 Å². The van der Waals surface area contributed by atoms with E-state index >= 15 is 0 Å². The SMILES string of the molecule is COc1ccccc1C(=O)NCc1ccc(-c2nn(C3CCC(=O)C3)c(N)c2C(N)O)cc1. The van der Waals surface area contributed by atoms with Crippen LogP contribution in [0.25, 0.3) is 11.3 Å². The minimum atomic E-state index is -1.30. The number of aromatic nitrogens is 2. The first-order valence-electron chi connectivity index (χ1n) is 10.7. The van der Waals surface area contributed by atoms with E-state index in [1.54, 1.807) is 28.9 Å². The van der Waals surface area contributed by atoms with E-state index in [1.807, 2.05) is 24.3 Å². The van der Waals surface area contributed by atoms with Gasteiger partial charge in [-0.25, -0.2) is 4.68 Å². The molecule has 4 rings (SSSR count). The number of aliphatic hydroxyl groups is 1. The average Bonchev–Trinajstić information content (AvgIpc) is 3.40. The van der Waals surface area contributed by atoms with Gasteiger partial charge < -0.3 is 26.6 Å². The van der Waals surface area contributed by atoms with Gasteiger partial charge in [-0.1, -0.05) is 36.4 Å². The van der Waals surface area contributed by atoms with Gasteiger partial charge in [-0.3, -0.25) is 9.59 Å². The fraction of sp³-hybridized carbons (Fsp3) is 0.292. The highest BCUT2D eigenvalue weighted by Crippen LogP contribution is 2.36. The molecule has 0 aliphatic heterocycles. The van der Waals surface area contributed by atoms with Crippen LogP contribution in [0.4, 0.5) is 5.82 Å². The predicted molar refractivity (Wildman–Crippen MR) is 123 cm³/mol. The summed E-state index contributed by atoms with van der Waals surface area (Å²) in [7, 11) is 1.52. The van der Waals surface area contributed by atoms with Crippen molar-refractivity contribution in [2.24, 2.45) is 5.73 Å². The van der Waals surface area contributed by atoms with Gasteiger partial charge in [-0.05, 0) is 24.1 Å². The first-order chi connectivity index (χ1) is 15.9. The number of carbonyl (C=O) groups excluding carboxylic acids is 2. The maximum atomic E-state index is 12.5. The lowest BCUT2D eigenvalue weighted by Gasteiger charge is -2.11. The molecule has 9 nitrogen and oxygen atoms in total. The van der Waals surface area contributed by atoms with Crippen LogP contribution in [0, 0.1) is 0 Å². The van der Waals surface area contributed by atoms with Crippen molar-refractivity contribution in [3.8, 4) is 17.0 Å². The maximum Gasteiger partial charge on any atom is 0.255 e. The molecule has 1 amide bonds. The Morgan fingerprint density at radius 3 is 2.64 bits per heavy atom. The van der Waals surface area contributed by atoms with Crippen molar-refractivity contribution in [1.29, 1.82) is 0 Å². The number of nitrogen functional groups attached to an aromatic ring is 1. The topological polar surface area (TPSA) is 145 Å². The largest absolute Gasteiger partial charge is 0.496 e. The number of aliphatic hydroxyl groups excluding tert-OH is 1. The summed E-state index contributed by atoms with van der Waals surface area (Å²) in [5, 5.41) is 17.6. The molecule has 2 unspecified atom stereocenters.